The zero-order valence-electron chi connectivity index (χ0n) is 14.6. The van der Waals surface area contributed by atoms with E-state index in [9.17, 15) is 19.1 Å². The molecule has 28 heavy (non-hydrogen) atoms. The summed E-state index contributed by atoms with van der Waals surface area (Å²) in [6.07, 6.45) is 0. The van der Waals surface area contributed by atoms with Crippen LogP contribution in [0, 0.1) is 0 Å². The van der Waals surface area contributed by atoms with Gasteiger partial charge in [-0.05, 0) is 45.3 Å². The van der Waals surface area contributed by atoms with Crippen LogP contribution in [0.3, 0.4) is 0 Å². The van der Waals surface area contributed by atoms with Gasteiger partial charge in [0, 0.05) is 10.4 Å². The Morgan fingerprint density at radius 2 is 1.79 bits per heavy atom. The zero-order valence-corrected chi connectivity index (χ0v) is 16.3. The predicted molar refractivity (Wildman–Crippen MR) is 115 cm³/mol. The van der Waals surface area contributed by atoms with Crippen molar-refractivity contribution in [3.8, 4) is 0 Å². The van der Waals surface area contributed by atoms with E-state index in [1.54, 1.807) is 35.7 Å². The molecule has 0 aliphatic rings. The third-order valence-electron chi connectivity index (χ3n) is 4.52. The molecule has 138 valence electrons. The third kappa shape index (κ3) is 3.62. The molecule has 1 unspecified atom stereocenters. The van der Waals surface area contributed by atoms with Crippen molar-refractivity contribution in [3.05, 3.63) is 71.6 Å². The van der Waals surface area contributed by atoms with Crippen molar-refractivity contribution < 1.29 is 19.1 Å². The van der Waals surface area contributed by atoms with Gasteiger partial charge in [0.2, 0.25) is 5.91 Å². The highest BCUT2D eigenvalue weighted by Crippen LogP contribution is 2.54. The quantitative estimate of drug-likeness (QED) is 0.356. The summed E-state index contributed by atoms with van der Waals surface area (Å²) in [5.74, 6) is -0.759. The molecule has 0 fully saturated rings. The summed E-state index contributed by atoms with van der Waals surface area (Å²) in [6.45, 7) is 0. The van der Waals surface area contributed by atoms with E-state index < -0.39 is 19.2 Å². The van der Waals surface area contributed by atoms with Gasteiger partial charge in [0.25, 0.3) is 0 Å². The molecule has 8 heteroatoms. The molecule has 3 aromatic carbocycles. The van der Waals surface area contributed by atoms with E-state index in [2.05, 4.69) is 5.32 Å². The van der Waals surface area contributed by atoms with Crippen LogP contribution in [0.1, 0.15) is 11.2 Å². The second-order valence-corrected chi connectivity index (χ2v) is 9.10. The molecule has 1 aromatic heterocycles. The van der Waals surface area contributed by atoms with Crippen LogP contribution in [-0.4, -0.2) is 23.5 Å². The highest BCUT2D eigenvalue weighted by molar-refractivity contribution is 7.53. The van der Waals surface area contributed by atoms with E-state index in [0.29, 0.717) is 16.5 Å². The lowest BCUT2D eigenvalue weighted by atomic mass is 9.94. The van der Waals surface area contributed by atoms with E-state index in [-0.39, 0.29) is 5.56 Å². The van der Waals surface area contributed by atoms with Crippen LogP contribution in [0.25, 0.3) is 20.9 Å². The standard InChI is InChI=1S/C20H15BNO4PS/c21-14-6-8-18-16(10-14)17(11-28-18)19(27(24,25)26)20(23)22-15-7-5-12-3-1-2-4-13(12)9-15/h1-11,19H,(H,22,23)(H2,24,25,26). The summed E-state index contributed by atoms with van der Waals surface area (Å²) in [6, 6.07) is 18.1. The van der Waals surface area contributed by atoms with Gasteiger partial charge in [0.1, 0.15) is 7.85 Å². The van der Waals surface area contributed by atoms with Gasteiger partial charge in [-0.25, -0.2) is 0 Å². The number of carbonyl (C=O) groups excluding carboxylic acids is 1. The largest absolute Gasteiger partial charge is 0.342 e. The Bertz CT molecular complexity index is 1250. The van der Waals surface area contributed by atoms with Gasteiger partial charge in [0.15, 0.2) is 5.66 Å². The van der Waals surface area contributed by atoms with Crippen LogP contribution in [-0.2, 0) is 9.36 Å². The van der Waals surface area contributed by atoms with Gasteiger partial charge in [-0.3, -0.25) is 9.36 Å². The molecule has 2 radical (unpaired) electrons. The Labute approximate surface area is 166 Å². The lowest BCUT2D eigenvalue weighted by molar-refractivity contribution is -0.116. The van der Waals surface area contributed by atoms with E-state index in [1.165, 1.54) is 11.3 Å². The highest BCUT2D eigenvalue weighted by atomic mass is 32.1. The molecule has 4 rings (SSSR count). The molecule has 1 amide bonds. The fourth-order valence-electron chi connectivity index (χ4n) is 3.23. The first kappa shape index (κ1) is 18.9. The Kier molecular flexibility index (Phi) is 4.85. The van der Waals surface area contributed by atoms with Crippen LogP contribution in [0.4, 0.5) is 5.69 Å². The smallest absolute Gasteiger partial charge is 0.325 e. The minimum Gasteiger partial charge on any atom is -0.325 e. The van der Waals surface area contributed by atoms with Crippen molar-refractivity contribution in [2.45, 2.75) is 5.66 Å². The lowest BCUT2D eigenvalue weighted by Crippen LogP contribution is -2.21. The van der Waals surface area contributed by atoms with Gasteiger partial charge < -0.3 is 15.1 Å². The van der Waals surface area contributed by atoms with Crippen molar-refractivity contribution in [1.29, 1.82) is 0 Å². The summed E-state index contributed by atoms with van der Waals surface area (Å²) >= 11 is 1.31. The third-order valence-corrected chi connectivity index (χ3v) is 6.69. The highest BCUT2D eigenvalue weighted by Gasteiger charge is 2.39. The Balaban J connectivity index is 1.73. The minimum absolute atomic E-state index is 0.277. The maximum absolute atomic E-state index is 12.9. The molecule has 5 nitrogen and oxygen atoms in total. The van der Waals surface area contributed by atoms with E-state index in [0.717, 1.165) is 15.5 Å². The predicted octanol–water partition coefficient (Wildman–Crippen LogP) is 3.71. The maximum atomic E-state index is 12.9. The molecule has 0 aliphatic heterocycles. The van der Waals surface area contributed by atoms with Crippen molar-refractivity contribution >= 4 is 64.7 Å². The fourth-order valence-corrected chi connectivity index (χ4v) is 5.25. The van der Waals surface area contributed by atoms with Crippen LogP contribution >= 0.6 is 18.9 Å². The Morgan fingerprint density at radius 1 is 1.04 bits per heavy atom. The fraction of sp³-hybridized carbons (Fsp3) is 0.0500. The topological polar surface area (TPSA) is 86.6 Å². The first-order valence-electron chi connectivity index (χ1n) is 8.44. The van der Waals surface area contributed by atoms with Gasteiger partial charge >= 0.3 is 7.60 Å². The van der Waals surface area contributed by atoms with E-state index in [1.807, 2.05) is 30.3 Å². The molecule has 0 bridgehead atoms. The molecule has 1 atom stereocenters. The molecular formula is C20H15BNO4PS. The summed E-state index contributed by atoms with van der Waals surface area (Å²) < 4.78 is 13.0. The number of thiophene rings is 1. The monoisotopic (exact) mass is 407 g/mol. The number of fused-ring (bicyclic) bond motifs is 2. The number of benzene rings is 3. The first-order chi connectivity index (χ1) is 13.3. The minimum atomic E-state index is -4.77. The molecule has 0 spiro atoms. The lowest BCUT2D eigenvalue weighted by Gasteiger charge is -2.18. The van der Waals surface area contributed by atoms with Crippen molar-refractivity contribution in [1.82, 2.24) is 0 Å². The van der Waals surface area contributed by atoms with Gasteiger partial charge in [-0.15, -0.1) is 11.3 Å². The van der Waals surface area contributed by atoms with Gasteiger partial charge in [0.05, 0.1) is 0 Å². The Morgan fingerprint density at radius 3 is 2.54 bits per heavy atom. The van der Waals surface area contributed by atoms with E-state index in [4.69, 9.17) is 7.85 Å². The number of amides is 1. The molecule has 0 aliphatic carbocycles. The second-order valence-electron chi connectivity index (χ2n) is 6.49. The van der Waals surface area contributed by atoms with Crippen LogP contribution in [0.15, 0.2) is 66.0 Å². The van der Waals surface area contributed by atoms with Crippen molar-refractivity contribution in [2.75, 3.05) is 5.32 Å². The van der Waals surface area contributed by atoms with Crippen molar-refractivity contribution in [3.63, 3.8) is 0 Å². The number of carbonyl (C=O) groups is 1. The molecule has 0 saturated heterocycles. The van der Waals surface area contributed by atoms with Gasteiger partial charge in [-0.1, -0.05) is 47.9 Å². The summed E-state index contributed by atoms with van der Waals surface area (Å²) in [7, 11) is 1.05. The van der Waals surface area contributed by atoms with Crippen LogP contribution < -0.4 is 10.8 Å². The van der Waals surface area contributed by atoms with Crippen LogP contribution in [0.2, 0.25) is 0 Å². The number of hydrogen-bond acceptors (Lipinski definition) is 3. The first-order valence-corrected chi connectivity index (χ1v) is 11.0. The van der Waals surface area contributed by atoms with Crippen molar-refractivity contribution in [2.24, 2.45) is 0 Å². The molecule has 3 N–H and O–H groups in total. The molecule has 0 saturated carbocycles. The maximum Gasteiger partial charge on any atom is 0.342 e. The summed E-state index contributed by atoms with van der Waals surface area (Å²) in [5.41, 5.74) is -0.402. The molecule has 4 aromatic rings. The number of nitrogens with one attached hydrogen (secondary N) is 1. The normalized spacial score (nSPS) is 12.9. The second kappa shape index (κ2) is 7.19. The average Bonchev–Trinajstić information content (AvgIpc) is 3.03. The number of anilines is 1. The Hall–Kier alpha value is -2.44. The zero-order chi connectivity index (χ0) is 19.9. The molecular weight excluding hydrogens is 392 g/mol. The number of hydrogen-bond donors (Lipinski definition) is 3. The van der Waals surface area contributed by atoms with Gasteiger partial charge in [-0.2, -0.15) is 0 Å². The van der Waals surface area contributed by atoms with E-state index >= 15 is 0 Å². The average molecular weight is 407 g/mol. The summed E-state index contributed by atoms with van der Waals surface area (Å²) in [5, 5.41) is 6.76. The van der Waals surface area contributed by atoms with Crippen LogP contribution in [0.5, 0.6) is 0 Å². The molecule has 1 heterocycles. The summed E-state index contributed by atoms with van der Waals surface area (Å²) in [4.78, 5) is 32.7. The SMILES string of the molecule is [B]c1ccc2scc(C(C(=O)Nc3ccc4ccccc4c3)P(=O)(O)O)c2c1. The number of rotatable bonds is 4.